The van der Waals surface area contributed by atoms with Gasteiger partial charge in [-0.3, -0.25) is 5.10 Å². The number of anilines is 3. The van der Waals surface area contributed by atoms with E-state index in [-0.39, 0.29) is 0 Å². The molecule has 0 bridgehead atoms. The van der Waals surface area contributed by atoms with Gasteiger partial charge in [0.15, 0.2) is 5.76 Å². The molecule has 0 amide bonds. The molecule has 4 rings (SSSR count). The van der Waals surface area contributed by atoms with Crippen LogP contribution in [0, 0.1) is 6.92 Å². The molecule has 4 aromatic rings. The average Bonchev–Trinajstić information content (AvgIpc) is 3.39. The molecule has 1 aromatic carbocycles. The van der Waals surface area contributed by atoms with E-state index in [0.717, 1.165) is 11.4 Å². The Morgan fingerprint density at radius 1 is 1.07 bits per heavy atom. The highest BCUT2D eigenvalue weighted by atomic mass is 16.5. The molecule has 0 unspecified atom stereocenters. The number of ether oxygens (including phenoxy) is 2. The number of rotatable bonds is 10. The van der Waals surface area contributed by atoms with Crippen molar-refractivity contribution in [3.63, 3.8) is 0 Å². The Balaban J connectivity index is 1.25. The summed E-state index contributed by atoms with van der Waals surface area (Å²) < 4.78 is 16.3. The van der Waals surface area contributed by atoms with Crippen molar-refractivity contribution in [1.29, 1.82) is 0 Å². The third-order valence-corrected chi connectivity index (χ3v) is 3.92. The molecule has 0 radical (unpaired) electrons. The smallest absolute Gasteiger partial charge is 0.234 e. The predicted molar refractivity (Wildman–Crippen MR) is 110 cm³/mol. The first-order valence-corrected chi connectivity index (χ1v) is 9.37. The van der Waals surface area contributed by atoms with Crippen molar-refractivity contribution >= 4 is 17.6 Å². The normalized spacial score (nSPS) is 10.6. The molecule has 10 heteroatoms. The number of benzene rings is 1. The summed E-state index contributed by atoms with van der Waals surface area (Å²) >= 11 is 0. The first-order valence-electron chi connectivity index (χ1n) is 9.37. The number of aryl methyl sites for hydroxylation is 1. The van der Waals surface area contributed by atoms with Crippen LogP contribution in [0.3, 0.4) is 0 Å². The molecule has 3 heterocycles. The fourth-order valence-corrected chi connectivity index (χ4v) is 2.58. The number of aromatic amines is 1. The lowest BCUT2D eigenvalue weighted by Crippen LogP contribution is -2.09. The van der Waals surface area contributed by atoms with Crippen molar-refractivity contribution in [3.8, 4) is 11.6 Å². The van der Waals surface area contributed by atoms with Gasteiger partial charge in [0.2, 0.25) is 11.8 Å². The maximum absolute atomic E-state index is 5.59. The van der Waals surface area contributed by atoms with Gasteiger partial charge in [0.05, 0.1) is 12.2 Å². The Kier molecular flexibility index (Phi) is 6.04. The van der Waals surface area contributed by atoms with Crippen LogP contribution in [0.1, 0.15) is 11.5 Å². The van der Waals surface area contributed by atoms with Crippen LogP contribution in [0.15, 0.2) is 59.3 Å². The molecule has 3 aromatic heterocycles. The number of hydrogen-bond acceptors (Lipinski definition) is 9. The van der Waals surface area contributed by atoms with Crippen molar-refractivity contribution in [2.24, 2.45) is 0 Å². The Bertz CT molecular complexity index is 1060. The molecule has 10 nitrogen and oxygen atoms in total. The highest BCUT2D eigenvalue weighted by molar-refractivity contribution is 5.53. The van der Waals surface area contributed by atoms with E-state index in [1.165, 1.54) is 0 Å². The first kappa shape index (κ1) is 19.2. The van der Waals surface area contributed by atoms with Gasteiger partial charge in [-0.25, -0.2) is 4.98 Å². The second-order valence-corrected chi connectivity index (χ2v) is 6.31. The Labute approximate surface area is 172 Å². The zero-order chi connectivity index (χ0) is 20.6. The lowest BCUT2D eigenvalue weighted by Gasteiger charge is -2.06. The Morgan fingerprint density at radius 2 is 1.93 bits per heavy atom. The van der Waals surface area contributed by atoms with Crippen LogP contribution < -0.4 is 20.1 Å². The number of para-hydroxylation sites is 1. The third kappa shape index (κ3) is 5.47. The fourth-order valence-electron chi connectivity index (χ4n) is 2.58. The SMILES string of the molecule is Cc1cc(CNc2nccc(Nc3cc(OCCOc4ccccc4)n[nH]3)n2)on1. The van der Waals surface area contributed by atoms with Crippen molar-refractivity contribution in [1.82, 2.24) is 25.3 Å². The van der Waals surface area contributed by atoms with Crippen LogP contribution in [-0.2, 0) is 6.54 Å². The van der Waals surface area contributed by atoms with E-state index < -0.39 is 0 Å². The highest BCUT2D eigenvalue weighted by Gasteiger charge is 2.06. The van der Waals surface area contributed by atoms with E-state index in [0.29, 0.717) is 49.0 Å². The molecule has 0 fully saturated rings. The summed E-state index contributed by atoms with van der Waals surface area (Å²) in [5.74, 6) is 3.68. The molecular weight excluding hydrogens is 386 g/mol. The maximum atomic E-state index is 5.59. The summed E-state index contributed by atoms with van der Waals surface area (Å²) in [5.41, 5.74) is 0.826. The number of H-pyrrole nitrogens is 1. The zero-order valence-corrected chi connectivity index (χ0v) is 16.3. The van der Waals surface area contributed by atoms with Gasteiger partial charge in [-0.1, -0.05) is 23.4 Å². The number of nitrogens with one attached hydrogen (secondary N) is 3. The molecule has 3 N–H and O–H groups in total. The summed E-state index contributed by atoms with van der Waals surface area (Å²) in [6.45, 7) is 3.11. The molecule has 0 saturated heterocycles. The Hall–Kier alpha value is -4.08. The van der Waals surface area contributed by atoms with Crippen molar-refractivity contribution in [2.45, 2.75) is 13.5 Å². The van der Waals surface area contributed by atoms with E-state index in [4.69, 9.17) is 14.0 Å². The monoisotopic (exact) mass is 407 g/mol. The lowest BCUT2D eigenvalue weighted by molar-refractivity contribution is 0.212. The first-order chi connectivity index (χ1) is 14.7. The van der Waals surface area contributed by atoms with Gasteiger partial charge < -0.3 is 24.6 Å². The second-order valence-electron chi connectivity index (χ2n) is 6.31. The molecule has 154 valence electrons. The molecule has 0 saturated carbocycles. The quantitative estimate of drug-likeness (QED) is 0.340. The molecule has 0 aliphatic rings. The van der Waals surface area contributed by atoms with Crippen LogP contribution >= 0.6 is 0 Å². The fraction of sp³-hybridized carbons (Fsp3) is 0.200. The minimum atomic E-state index is 0.377. The highest BCUT2D eigenvalue weighted by Crippen LogP contribution is 2.18. The van der Waals surface area contributed by atoms with Gasteiger partial charge in [0, 0.05) is 18.3 Å². The molecule has 0 spiro atoms. The molecular formula is C20H21N7O3. The number of hydrogen-bond donors (Lipinski definition) is 3. The van der Waals surface area contributed by atoms with E-state index >= 15 is 0 Å². The van der Waals surface area contributed by atoms with Crippen molar-refractivity contribution < 1.29 is 14.0 Å². The predicted octanol–water partition coefficient (Wildman–Crippen LogP) is 3.31. The van der Waals surface area contributed by atoms with Crippen LogP contribution in [0.4, 0.5) is 17.6 Å². The lowest BCUT2D eigenvalue weighted by atomic mass is 10.3. The molecule has 0 aliphatic heterocycles. The molecule has 0 aliphatic carbocycles. The van der Waals surface area contributed by atoms with Crippen molar-refractivity contribution in [2.75, 3.05) is 23.8 Å². The minimum absolute atomic E-state index is 0.377. The zero-order valence-electron chi connectivity index (χ0n) is 16.3. The van der Waals surface area contributed by atoms with Gasteiger partial charge >= 0.3 is 0 Å². The van der Waals surface area contributed by atoms with Gasteiger partial charge in [0.1, 0.15) is 30.6 Å². The average molecular weight is 407 g/mol. The van der Waals surface area contributed by atoms with Crippen LogP contribution in [0.2, 0.25) is 0 Å². The summed E-state index contributed by atoms with van der Waals surface area (Å²) in [5, 5.41) is 17.0. The van der Waals surface area contributed by atoms with E-state index in [2.05, 4.69) is 36.0 Å². The van der Waals surface area contributed by atoms with Crippen molar-refractivity contribution in [3.05, 3.63) is 66.2 Å². The van der Waals surface area contributed by atoms with E-state index in [9.17, 15) is 0 Å². The second kappa shape index (κ2) is 9.41. The summed E-state index contributed by atoms with van der Waals surface area (Å²) in [7, 11) is 0. The number of aromatic nitrogens is 5. The summed E-state index contributed by atoms with van der Waals surface area (Å²) in [6, 6.07) is 14.9. The van der Waals surface area contributed by atoms with Crippen LogP contribution in [0.5, 0.6) is 11.6 Å². The standard InChI is InChI=1S/C20H21N7O3/c1-14-11-16(30-27-14)13-22-20-21-8-7-17(24-20)23-18-12-19(26-25-18)29-10-9-28-15-5-3-2-4-6-15/h2-8,11-12H,9-10,13H2,1H3,(H3,21,22,23,24,25,26). The molecule has 30 heavy (non-hydrogen) atoms. The van der Waals surface area contributed by atoms with Gasteiger partial charge in [-0.05, 0) is 25.1 Å². The Morgan fingerprint density at radius 3 is 2.77 bits per heavy atom. The molecule has 0 atom stereocenters. The van der Waals surface area contributed by atoms with Crippen LogP contribution in [0.25, 0.3) is 0 Å². The topological polar surface area (TPSA) is 123 Å². The van der Waals surface area contributed by atoms with E-state index in [1.54, 1.807) is 18.3 Å². The largest absolute Gasteiger partial charge is 0.490 e. The van der Waals surface area contributed by atoms with Crippen LogP contribution in [-0.4, -0.2) is 38.5 Å². The minimum Gasteiger partial charge on any atom is -0.490 e. The number of nitrogens with zero attached hydrogens (tertiary/aromatic N) is 4. The summed E-state index contributed by atoms with van der Waals surface area (Å²) in [4.78, 5) is 8.60. The third-order valence-electron chi connectivity index (χ3n) is 3.92. The van der Waals surface area contributed by atoms with Gasteiger partial charge in [-0.2, -0.15) is 4.98 Å². The maximum Gasteiger partial charge on any atom is 0.234 e. The van der Waals surface area contributed by atoms with Gasteiger partial charge in [-0.15, -0.1) is 5.10 Å². The van der Waals surface area contributed by atoms with E-state index in [1.807, 2.05) is 43.3 Å². The van der Waals surface area contributed by atoms with Gasteiger partial charge in [0.25, 0.3) is 0 Å². The summed E-state index contributed by atoms with van der Waals surface area (Å²) in [6.07, 6.45) is 1.65.